The summed E-state index contributed by atoms with van der Waals surface area (Å²) in [5.41, 5.74) is 0.559. The maximum Gasteiger partial charge on any atom is 0.260 e. The SMILES string of the molecule is COc1cc(C(C)NC(=O)c2ccc[nH]c2=O)ccc1OC1CCCC1. The molecule has 1 aromatic carbocycles. The summed E-state index contributed by atoms with van der Waals surface area (Å²) in [5.74, 6) is 0.957. The van der Waals surface area contributed by atoms with Crippen LogP contribution in [-0.4, -0.2) is 24.1 Å². The van der Waals surface area contributed by atoms with E-state index in [4.69, 9.17) is 9.47 Å². The minimum atomic E-state index is -0.412. The number of pyridine rings is 1. The second kappa shape index (κ2) is 8.08. The second-order valence-corrected chi connectivity index (χ2v) is 6.54. The molecule has 1 fully saturated rings. The summed E-state index contributed by atoms with van der Waals surface area (Å²) in [7, 11) is 1.60. The van der Waals surface area contributed by atoms with Crippen LogP contribution < -0.4 is 20.3 Å². The van der Waals surface area contributed by atoms with Crippen molar-refractivity contribution in [3.8, 4) is 11.5 Å². The summed E-state index contributed by atoms with van der Waals surface area (Å²) in [4.78, 5) is 26.6. The van der Waals surface area contributed by atoms with Gasteiger partial charge in [-0.05, 0) is 62.4 Å². The van der Waals surface area contributed by atoms with E-state index in [9.17, 15) is 9.59 Å². The van der Waals surface area contributed by atoms with Crippen LogP contribution >= 0.6 is 0 Å². The van der Waals surface area contributed by atoms with Crippen LogP contribution in [0.4, 0.5) is 0 Å². The first kappa shape index (κ1) is 18.0. The van der Waals surface area contributed by atoms with Crippen molar-refractivity contribution in [2.75, 3.05) is 7.11 Å². The van der Waals surface area contributed by atoms with Gasteiger partial charge in [0.25, 0.3) is 11.5 Å². The number of aromatic amines is 1. The average Bonchev–Trinajstić information content (AvgIpc) is 3.15. The van der Waals surface area contributed by atoms with E-state index >= 15 is 0 Å². The molecule has 1 unspecified atom stereocenters. The third-order valence-corrected chi connectivity index (χ3v) is 4.69. The van der Waals surface area contributed by atoms with E-state index in [0.717, 1.165) is 24.2 Å². The summed E-state index contributed by atoms with van der Waals surface area (Å²) in [6.07, 6.45) is 6.29. The zero-order chi connectivity index (χ0) is 18.5. The smallest absolute Gasteiger partial charge is 0.260 e. The van der Waals surface area contributed by atoms with Crippen molar-refractivity contribution in [2.24, 2.45) is 0 Å². The minimum Gasteiger partial charge on any atom is -0.493 e. The Morgan fingerprint density at radius 3 is 2.69 bits per heavy atom. The number of methoxy groups -OCH3 is 1. The van der Waals surface area contributed by atoms with Gasteiger partial charge in [-0.3, -0.25) is 9.59 Å². The quantitative estimate of drug-likeness (QED) is 0.833. The Morgan fingerprint density at radius 2 is 2.00 bits per heavy atom. The van der Waals surface area contributed by atoms with Gasteiger partial charge in [0.1, 0.15) is 5.56 Å². The molecule has 0 spiro atoms. The van der Waals surface area contributed by atoms with E-state index < -0.39 is 11.5 Å². The molecular formula is C20H24N2O4. The molecule has 6 heteroatoms. The highest BCUT2D eigenvalue weighted by molar-refractivity contribution is 5.94. The summed E-state index contributed by atoms with van der Waals surface area (Å²) < 4.78 is 11.5. The molecule has 0 saturated heterocycles. The maximum absolute atomic E-state index is 12.3. The minimum absolute atomic E-state index is 0.0903. The van der Waals surface area contributed by atoms with Crippen molar-refractivity contribution in [3.05, 3.63) is 58.0 Å². The molecular weight excluding hydrogens is 332 g/mol. The van der Waals surface area contributed by atoms with Crippen LogP contribution in [0.3, 0.4) is 0 Å². The highest BCUT2D eigenvalue weighted by Gasteiger charge is 2.20. The summed E-state index contributed by atoms with van der Waals surface area (Å²) >= 11 is 0. The van der Waals surface area contributed by atoms with Crippen LogP contribution in [-0.2, 0) is 0 Å². The highest BCUT2D eigenvalue weighted by atomic mass is 16.5. The lowest BCUT2D eigenvalue weighted by atomic mass is 10.1. The number of nitrogens with one attached hydrogen (secondary N) is 2. The normalized spacial score (nSPS) is 15.5. The molecule has 0 aliphatic heterocycles. The Bertz CT molecular complexity index is 825. The van der Waals surface area contributed by atoms with Gasteiger partial charge in [-0.25, -0.2) is 0 Å². The Balaban J connectivity index is 1.72. The molecule has 1 atom stereocenters. The molecule has 2 aromatic rings. The van der Waals surface area contributed by atoms with Gasteiger partial charge < -0.3 is 19.8 Å². The summed E-state index contributed by atoms with van der Waals surface area (Å²) in [5, 5.41) is 2.84. The number of carbonyl (C=O) groups is 1. The van der Waals surface area contributed by atoms with Crippen LogP contribution in [0.15, 0.2) is 41.3 Å². The fraction of sp³-hybridized carbons (Fsp3) is 0.400. The van der Waals surface area contributed by atoms with Crippen LogP contribution in [0, 0.1) is 0 Å². The second-order valence-electron chi connectivity index (χ2n) is 6.54. The van der Waals surface area contributed by atoms with Crippen LogP contribution in [0.2, 0.25) is 0 Å². The molecule has 6 nitrogen and oxygen atoms in total. The molecule has 2 N–H and O–H groups in total. The van der Waals surface area contributed by atoms with Gasteiger partial charge in [0, 0.05) is 6.20 Å². The first-order valence-corrected chi connectivity index (χ1v) is 8.91. The zero-order valence-corrected chi connectivity index (χ0v) is 15.1. The molecule has 0 radical (unpaired) electrons. The van der Waals surface area contributed by atoms with Crippen molar-refractivity contribution in [1.29, 1.82) is 0 Å². The monoisotopic (exact) mass is 356 g/mol. The topological polar surface area (TPSA) is 80.4 Å². The largest absolute Gasteiger partial charge is 0.493 e. The predicted octanol–water partition coefficient (Wildman–Crippen LogP) is 3.20. The van der Waals surface area contributed by atoms with Crippen LogP contribution in [0.5, 0.6) is 11.5 Å². The molecule has 1 aliphatic carbocycles. The number of aromatic nitrogens is 1. The molecule has 1 aromatic heterocycles. The first-order chi connectivity index (χ1) is 12.6. The Hall–Kier alpha value is -2.76. The van der Waals surface area contributed by atoms with Crippen LogP contribution in [0.25, 0.3) is 0 Å². The predicted molar refractivity (Wildman–Crippen MR) is 98.8 cm³/mol. The number of rotatable bonds is 6. The molecule has 1 saturated carbocycles. The van der Waals surface area contributed by atoms with E-state index in [1.165, 1.54) is 25.1 Å². The zero-order valence-electron chi connectivity index (χ0n) is 15.1. The Labute approximate surface area is 152 Å². The molecule has 1 aliphatic rings. The lowest BCUT2D eigenvalue weighted by Gasteiger charge is -2.19. The maximum atomic E-state index is 12.3. The standard InChI is InChI=1S/C20H24N2O4/c1-13(22-20(24)16-8-5-11-21-19(16)23)14-9-10-17(18(12-14)25-2)26-15-6-3-4-7-15/h5,8-13,15H,3-4,6-7H2,1-2H3,(H,21,23)(H,22,24). The fourth-order valence-corrected chi connectivity index (χ4v) is 3.19. The Morgan fingerprint density at radius 1 is 1.23 bits per heavy atom. The lowest BCUT2D eigenvalue weighted by Crippen LogP contribution is -2.31. The molecule has 1 amide bonds. The molecule has 26 heavy (non-hydrogen) atoms. The summed E-state index contributed by atoms with van der Waals surface area (Å²) in [6, 6.07) is 8.50. The van der Waals surface area contributed by atoms with Gasteiger partial charge in [0.2, 0.25) is 0 Å². The molecule has 1 heterocycles. The van der Waals surface area contributed by atoms with Gasteiger partial charge >= 0.3 is 0 Å². The van der Waals surface area contributed by atoms with E-state index in [1.54, 1.807) is 13.2 Å². The van der Waals surface area contributed by atoms with Crippen molar-refractivity contribution in [3.63, 3.8) is 0 Å². The van der Waals surface area contributed by atoms with Gasteiger partial charge in [-0.1, -0.05) is 6.07 Å². The number of amides is 1. The van der Waals surface area contributed by atoms with Crippen molar-refractivity contribution < 1.29 is 14.3 Å². The fourth-order valence-electron chi connectivity index (χ4n) is 3.19. The summed E-state index contributed by atoms with van der Waals surface area (Å²) in [6.45, 7) is 1.86. The van der Waals surface area contributed by atoms with Gasteiger partial charge in [0.05, 0.1) is 19.3 Å². The number of H-pyrrole nitrogens is 1. The van der Waals surface area contributed by atoms with Crippen molar-refractivity contribution in [1.82, 2.24) is 10.3 Å². The number of hydrogen-bond acceptors (Lipinski definition) is 4. The molecule has 0 bridgehead atoms. The van der Waals surface area contributed by atoms with E-state index in [-0.39, 0.29) is 17.7 Å². The van der Waals surface area contributed by atoms with Crippen LogP contribution in [0.1, 0.15) is 54.6 Å². The van der Waals surface area contributed by atoms with E-state index in [2.05, 4.69) is 10.3 Å². The third-order valence-electron chi connectivity index (χ3n) is 4.69. The van der Waals surface area contributed by atoms with E-state index in [1.807, 2.05) is 25.1 Å². The van der Waals surface area contributed by atoms with Crippen molar-refractivity contribution in [2.45, 2.75) is 44.8 Å². The number of carbonyl (C=O) groups excluding carboxylic acids is 1. The Kier molecular flexibility index (Phi) is 5.61. The number of ether oxygens (including phenoxy) is 2. The average molecular weight is 356 g/mol. The lowest BCUT2D eigenvalue weighted by molar-refractivity contribution is 0.0938. The number of hydrogen-bond donors (Lipinski definition) is 2. The first-order valence-electron chi connectivity index (χ1n) is 8.91. The molecule has 3 rings (SSSR count). The third kappa shape index (κ3) is 4.07. The number of benzene rings is 1. The van der Waals surface area contributed by atoms with Gasteiger partial charge in [-0.15, -0.1) is 0 Å². The van der Waals surface area contributed by atoms with Gasteiger partial charge in [-0.2, -0.15) is 0 Å². The molecule has 138 valence electrons. The van der Waals surface area contributed by atoms with Crippen molar-refractivity contribution >= 4 is 5.91 Å². The van der Waals surface area contributed by atoms with E-state index in [0.29, 0.717) is 5.75 Å². The highest BCUT2D eigenvalue weighted by Crippen LogP contribution is 2.33. The van der Waals surface area contributed by atoms with Gasteiger partial charge in [0.15, 0.2) is 11.5 Å².